The van der Waals surface area contributed by atoms with Crippen LogP contribution in [0.3, 0.4) is 0 Å². The van der Waals surface area contributed by atoms with Crippen LogP contribution in [0.4, 0.5) is 0 Å². The molecular weight excluding hydrogens is 518 g/mol. The molecule has 0 spiro atoms. The van der Waals surface area contributed by atoms with E-state index in [1.165, 1.54) is 5.56 Å². The van der Waals surface area contributed by atoms with Crippen molar-refractivity contribution >= 4 is 22.7 Å². The number of nitrogens with one attached hydrogen (secondary N) is 1. The van der Waals surface area contributed by atoms with E-state index in [1.807, 2.05) is 59.5 Å². The minimum atomic E-state index is -0.636. The van der Waals surface area contributed by atoms with Crippen LogP contribution in [0.1, 0.15) is 58.9 Å². The van der Waals surface area contributed by atoms with Gasteiger partial charge in [0.2, 0.25) is 5.91 Å². The number of carbonyl (C=O) groups excluding carboxylic acids is 2. The highest BCUT2D eigenvalue weighted by atomic mass is 16.2. The maximum absolute atomic E-state index is 14.4. The molecule has 5 nitrogen and oxygen atoms in total. The number of fused-ring (bicyclic) bond motifs is 2. The second kappa shape index (κ2) is 11.3. The fourth-order valence-electron chi connectivity index (χ4n) is 6.41. The molecule has 0 aliphatic carbocycles. The van der Waals surface area contributed by atoms with Gasteiger partial charge in [-0.1, -0.05) is 110 Å². The van der Waals surface area contributed by atoms with Crippen molar-refractivity contribution in [3.05, 3.63) is 131 Å². The van der Waals surface area contributed by atoms with Gasteiger partial charge in [-0.25, -0.2) is 0 Å². The summed E-state index contributed by atoms with van der Waals surface area (Å²) in [6.45, 7) is 6.72. The minimum Gasteiger partial charge on any atom is -0.350 e. The van der Waals surface area contributed by atoms with Crippen LogP contribution in [-0.4, -0.2) is 27.3 Å². The van der Waals surface area contributed by atoms with Gasteiger partial charge in [0.25, 0.3) is 5.91 Å². The smallest absolute Gasteiger partial charge is 0.255 e. The van der Waals surface area contributed by atoms with Crippen molar-refractivity contribution in [3.63, 3.8) is 0 Å². The number of hydrogen-bond acceptors (Lipinski definition) is 2. The van der Waals surface area contributed by atoms with Gasteiger partial charge in [-0.3, -0.25) is 9.59 Å². The number of amides is 2. The lowest BCUT2D eigenvalue weighted by atomic mass is 9.91. The van der Waals surface area contributed by atoms with Crippen LogP contribution >= 0.6 is 0 Å². The predicted octanol–water partition coefficient (Wildman–Crippen LogP) is 7.43. The Hall–Kier alpha value is -4.64. The number of carbonyl (C=O) groups is 2. The highest BCUT2D eigenvalue weighted by Crippen LogP contribution is 2.47. The molecule has 2 amide bonds. The molecule has 0 saturated carbocycles. The van der Waals surface area contributed by atoms with Crippen LogP contribution in [0.5, 0.6) is 0 Å². The first-order chi connectivity index (χ1) is 20.3. The van der Waals surface area contributed by atoms with Crippen LogP contribution in [0.2, 0.25) is 0 Å². The van der Waals surface area contributed by atoms with Crippen molar-refractivity contribution in [1.82, 2.24) is 14.8 Å². The van der Waals surface area contributed by atoms with Crippen LogP contribution in [0.25, 0.3) is 22.2 Å². The molecule has 1 aliphatic rings. The first kappa shape index (κ1) is 27.5. The summed E-state index contributed by atoms with van der Waals surface area (Å²) in [4.78, 5) is 30.3. The normalized spacial score (nSPS) is 15.3. The third-order valence-corrected chi connectivity index (χ3v) is 8.39. The number of rotatable bonds is 8. The molecule has 5 heteroatoms. The van der Waals surface area contributed by atoms with E-state index < -0.39 is 12.1 Å². The second-order valence-electron chi connectivity index (χ2n) is 11.8. The lowest BCUT2D eigenvalue weighted by Crippen LogP contribution is -2.49. The van der Waals surface area contributed by atoms with Gasteiger partial charge in [0.1, 0.15) is 6.04 Å². The quantitative estimate of drug-likeness (QED) is 0.216. The third-order valence-electron chi connectivity index (χ3n) is 8.39. The molecule has 212 valence electrons. The van der Waals surface area contributed by atoms with Gasteiger partial charge in [0, 0.05) is 35.6 Å². The van der Waals surface area contributed by atoms with Gasteiger partial charge in [-0.15, -0.1) is 0 Å². The highest BCUT2D eigenvalue weighted by molar-refractivity contribution is 6.04. The molecule has 0 saturated heterocycles. The summed E-state index contributed by atoms with van der Waals surface area (Å²) >= 11 is 0. The predicted molar refractivity (Wildman–Crippen MR) is 169 cm³/mol. The summed E-state index contributed by atoms with van der Waals surface area (Å²) in [6, 6.07) is 33.6. The molecule has 42 heavy (non-hydrogen) atoms. The molecule has 1 aromatic heterocycles. The van der Waals surface area contributed by atoms with Gasteiger partial charge in [0.15, 0.2) is 0 Å². The van der Waals surface area contributed by atoms with E-state index in [4.69, 9.17) is 0 Å². The minimum absolute atomic E-state index is 0.0982. The van der Waals surface area contributed by atoms with Crippen LogP contribution in [-0.2, 0) is 18.4 Å². The SMILES string of the molecule is Cc1ccc(-c2c(C3c4ccccc4C(=O)N3C(CC(C)C)C(=O)NCc3ccccc3)c3ccccc3n2C)cc1. The Bertz CT molecular complexity index is 1750. The summed E-state index contributed by atoms with van der Waals surface area (Å²) in [5.41, 5.74) is 8.11. The van der Waals surface area contributed by atoms with E-state index in [-0.39, 0.29) is 17.7 Å². The molecule has 6 rings (SSSR count). The van der Waals surface area contributed by atoms with E-state index in [1.54, 1.807) is 0 Å². The second-order valence-corrected chi connectivity index (χ2v) is 11.8. The van der Waals surface area contributed by atoms with E-state index in [9.17, 15) is 9.59 Å². The average Bonchev–Trinajstić information content (AvgIpc) is 3.46. The molecule has 5 aromatic rings. The number of aromatic nitrogens is 1. The fourth-order valence-corrected chi connectivity index (χ4v) is 6.41. The number of nitrogens with zero attached hydrogens (tertiary/aromatic N) is 2. The molecule has 0 fully saturated rings. The van der Waals surface area contributed by atoms with E-state index in [2.05, 4.69) is 86.2 Å². The average molecular weight is 556 g/mol. The maximum atomic E-state index is 14.4. The maximum Gasteiger partial charge on any atom is 0.255 e. The number of aryl methyl sites for hydroxylation is 2. The van der Waals surface area contributed by atoms with Crippen LogP contribution in [0, 0.1) is 12.8 Å². The van der Waals surface area contributed by atoms with Crippen molar-refractivity contribution in [2.45, 2.75) is 45.8 Å². The lowest BCUT2D eigenvalue weighted by molar-refractivity contribution is -0.126. The lowest BCUT2D eigenvalue weighted by Gasteiger charge is -2.34. The summed E-state index contributed by atoms with van der Waals surface area (Å²) in [5.74, 6) is -0.0199. The zero-order valence-electron chi connectivity index (χ0n) is 24.7. The van der Waals surface area contributed by atoms with E-state index >= 15 is 0 Å². The molecular formula is C37H37N3O2. The van der Waals surface area contributed by atoms with Crippen molar-refractivity contribution in [3.8, 4) is 11.3 Å². The molecule has 1 N–H and O–H groups in total. The molecule has 4 aromatic carbocycles. The fraction of sp³-hybridized carbons (Fsp3) is 0.243. The number of benzene rings is 4. The zero-order chi connectivity index (χ0) is 29.4. The van der Waals surface area contributed by atoms with E-state index in [0.29, 0.717) is 18.5 Å². The summed E-state index contributed by atoms with van der Waals surface area (Å²) in [6.07, 6.45) is 0.557. The summed E-state index contributed by atoms with van der Waals surface area (Å²) in [7, 11) is 2.09. The Kier molecular flexibility index (Phi) is 7.42. The Labute approximate surface area is 247 Å². The van der Waals surface area contributed by atoms with Crippen molar-refractivity contribution in [2.75, 3.05) is 0 Å². The van der Waals surface area contributed by atoms with E-state index in [0.717, 1.165) is 38.9 Å². The molecule has 2 atom stereocenters. The van der Waals surface area contributed by atoms with Gasteiger partial charge >= 0.3 is 0 Å². The third kappa shape index (κ3) is 4.89. The first-order valence-electron chi connectivity index (χ1n) is 14.7. The van der Waals surface area contributed by atoms with Gasteiger partial charge in [0.05, 0.1) is 11.7 Å². The molecule has 0 bridgehead atoms. The largest absolute Gasteiger partial charge is 0.350 e. The Morgan fingerprint density at radius 3 is 2.26 bits per heavy atom. The summed E-state index contributed by atoms with van der Waals surface area (Å²) < 4.78 is 2.23. The highest BCUT2D eigenvalue weighted by Gasteiger charge is 2.46. The molecule has 2 heterocycles. The Morgan fingerprint density at radius 1 is 0.857 bits per heavy atom. The first-order valence-corrected chi connectivity index (χ1v) is 14.7. The summed E-state index contributed by atoms with van der Waals surface area (Å²) in [5, 5.41) is 4.24. The Balaban J connectivity index is 1.54. The van der Waals surface area contributed by atoms with Crippen molar-refractivity contribution < 1.29 is 9.59 Å². The van der Waals surface area contributed by atoms with Crippen LogP contribution < -0.4 is 5.32 Å². The molecule has 0 radical (unpaired) electrons. The monoisotopic (exact) mass is 555 g/mol. The van der Waals surface area contributed by atoms with Crippen molar-refractivity contribution in [2.24, 2.45) is 13.0 Å². The van der Waals surface area contributed by atoms with Gasteiger partial charge < -0.3 is 14.8 Å². The van der Waals surface area contributed by atoms with Gasteiger partial charge in [-0.05, 0) is 48.1 Å². The van der Waals surface area contributed by atoms with Crippen molar-refractivity contribution in [1.29, 1.82) is 0 Å². The Morgan fingerprint density at radius 2 is 1.52 bits per heavy atom. The zero-order valence-corrected chi connectivity index (χ0v) is 24.7. The topological polar surface area (TPSA) is 54.3 Å². The number of para-hydroxylation sites is 1. The molecule has 1 aliphatic heterocycles. The van der Waals surface area contributed by atoms with Crippen LogP contribution in [0.15, 0.2) is 103 Å². The number of hydrogen-bond donors (Lipinski definition) is 1. The van der Waals surface area contributed by atoms with Gasteiger partial charge in [-0.2, -0.15) is 0 Å². The molecule has 2 unspecified atom stereocenters. The standard InChI is InChI=1S/C37H37N3O2/c1-24(2)22-32(36(41)38-23-26-12-6-5-7-13-26)40-35(28-14-8-9-15-29(28)37(40)42)33-30-16-10-11-17-31(30)39(4)34(33)27-20-18-25(3)19-21-27/h5-21,24,32,35H,22-23H2,1-4H3,(H,38,41).